The first-order valence-electron chi connectivity index (χ1n) is 6.15. The monoisotopic (exact) mass is 262 g/mol. The minimum absolute atomic E-state index is 0.0935. The molecule has 1 fully saturated rings. The van der Waals surface area contributed by atoms with Gasteiger partial charge < -0.3 is 5.73 Å². The van der Waals surface area contributed by atoms with Gasteiger partial charge in [-0.2, -0.15) is 0 Å². The molecule has 0 saturated heterocycles. The fraction of sp³-hybridized carbons (Fsp3) is 0.357. The highest BCUT2D eigenvalue weighted by atomic mass is 32.1. The summed E-state index contributed by atoms with van der Waals surface area (Å²) in [4.78, 5) is 4.66. The zero-order valence-electron chi connectivity index (χ0n) is 10.0. The molecule has 0 aliphatic heterocycles. The van der Waals surface area contributed by atoms with Crippen LogP contribution in [-0.2, 0) is 5.41 Å². The Labute approximate surface area is 110 Å². The van der Waals surface area contributed by atoms with E-state index in [0.29, 0.717) is 6.54 Å². The van der Waals surface area contributed by atoms with Crippen molar-refractivity contribution in [2.45, 2.75) is 24.7 Å². The third-order valence-corrected chi connectivity index (χ3v) is 4.87. The molecule has 1 aromatic heterocycles. The lowest BCUT2D eigenvalue weighted by Gasteiger charge is -2.38. The molecule has 2 nitrogen and oxygen atoms in total. The molecule has 2 aromatic rings. The fourth-order valence-corrected chi connectivity index (χ4v) is 3.51. The molecule has 3 rings (SSSR count). The summed E-state index contributed by atoms with van der Waals surface area (Å²) in [7, 11) is 0. The van der Waals surface area contributed by atoms with Crippen LogP contribution in [0.2, 0.25) is 0 Å². The summed E-state index contributed by atoms with van der Waals surface area (Å²) in [6, 6.07) is 6.57. The summed E-state index contributed by atoms with van der Waals surface area (Å²) >= 11 is 1.64. The highest BCUT2D eigenvalue weighted by Gasteiger charge is 2.39. The lowest BCUT2D eigenvalue weighted by Crippen LogP contribution is -2.41. The zero-order chi connectivity index (χ0) is 12.6. The summed E-state index contributed by atoms with van der Waals surface area (Å²) in [5, 5.41) is 3.11. The second kappa shape index (κ2) is 4.44. The predicted octanol–water partition coefficient (Wildman–Crippen LogP) is 3.33. The van der Waals surface area contributed by atoms with Crippen LogP contribution in [0.5, 0.6) is 0 Å². The number of hydrogen-bond acceptors (Lipinski definition) is 3. The quantitative estimate of drug-likeness (QED) is 0.921. The maximum absolute atomic E-state index is 13.2. The van der Waals surface area contributed by atoms with Crippen molar-refractivity contribution in [2.75, 3.05) is 6.54 Å². The zero-order valence-corrected chi connectivity index (χ0v) is 10.8. The van der Waals surface area contributed by atoms with E-state index in [1.54, 1.807) is 17.4 Å². The van der Waals surface area contributed by atoms with Crippen LogP contribution in [0.25, 0.3) is 11.3 Å². The molecule has 1 aromatic carbocycles. The molecule has 0 bridgehead atoms. The van der Waals surface area contributed by atoms with Crippen LogP contribution in [0, 0.1) is 5.82 Å². The summed E-state index contributed by atoms with van der Waals surface area (Å²) in [6.45, 7) is 0.656. The average molecular weight is 262 g/mol. The Bertz CT molecular complexity index is 555. The molecule has 1 saturated carbocycles. The van der Waals surface area contributed by atoms with Crippen molar-refractivity contribution in [1.82, 2.24) is 4.98 Å². The van der Waals surface area contributed by atoms with Gasteiger partial charge in [0.15, 0.2) is 0 Å². The first-order valence-corrected chi connectivity index (χ1v) is 7.03. The minimum atomic E-state index is -0.223. The van der Waals surface area contributed by atoms with Gasteiger partial charge in [-0.1, -0.05) is 18.6 Å². The topological polar surface area (TPSA) is 38.9 Å². The molecule has 1 heterocycles. The molecule has 1 aliphatic carbocycles. The van der Waals surface area contributed by atoms with Crippen molar-refractivity contribution < 1.29 is 4.39 Å². The van der Waals surface area contributed by atoms with Gasteiger partial charge in [0.05, 0.1) is 5.69 Å². The molecular weight excluding hydrogens is 247 g/mol. The molecule has 0 unspecified atom stereocenters. The number of benzene rings is 1. The number of rotatable bonds is 3. The third-order valence-electron chi connectivity index (χ3n) is 3.78. The molecular formula is C14H15FN2S. The van der Waals surface area contributed by atoms with Crippen LogP contribution in [-0.4, -0.2) is 11.5 Å². The van der Waals surface area contributed by atoms with Crippen molar-refractivity contribution >= 4 is 11.3 Å². The van der Waals surface area contributed by atoms with E-state index in [1.165, 1.54) is 18.6 Å². The number of hydrogen-bond donors (Lipinski definition) is 1. The normalized spacial score (nSPS) is 17.4. The van der Waals surface area contributed by atoms with Gasteiger partial charge in [-0.25, -0.2) is 9.37 Å². The van der Waals surface area contributed by atoms with Gasteiger partial charge in [-0.3, -0.25) is 0 Å². The van der Waals surface area contributed by atoms with E-state index in [-0.39, 0.29) is 11.2 Å². The van der Waals surface area contributed by atoms with Crippen LogP contribution in [0.1, 0.15) is 24.3 Å². The van der Waals surface area contributed by atoms with Gasteiger partial charge in [0.2, 0.25) is 0 Å². The van der Waals surface area contributed by atoms with E-state index in [2.05, 4.69) is 4.98 Å². The molecule has 0 radical (unpaired) electrons. The Morgan fingerprint density at radius 3 is 2.83 bits per heavy atom. The average Bonchev–Trinajstić information content (AvgIpc) is 2.78. The lowest BCUT2D eigenvalue weighted by molar-refractivity contribution is 0.252. The summed E-state index contributed by atoms with van der Waals surface area (Å²) in [5.74, 6) is -0.223. The molecule has 0 atom stereocenters. The van der Waals surface area contributed by atoms with E-state index < -0.39 is 0 Å². The van der Waals surface area contributed by atoms with Crippen LogP contribution >= 0.6 is 11.3 Å². The van der Waals surface area contributed by atoms with Crippen LogP contribution < -0.4 is 5.73 Å². The molecule has 1 aliphatic rings. The maximum atomic E-state index is 13.2. The Morgan fingerprint density at radius 1 is 1.39 bits per heavy atom. The number of thiazole rings is 1. The SMILES string of the molecule is NCC1(c2nc(-c3cccc(F)c3)cs2)CCC1. The molecule has 2 N–H and O–H groups in total. The van der Waals surface area contributed by atoms with E-state index in [4.69, 9.17) is 5.73 Å². The highest BCUT2D eigenvalue weighted by Crippen LogP contribution is 2.44. The standard InChI is InChI=1S/C14H15FN2S/c15-11-4-1-3-10(7-11)12-8-18-13(17-12)14(9-16)5-2-6-14/h1,3-4,7-8H,2,5-6,9,16H2. The molecule has 94 valence electrons. The molecule has 18 heavy (non-hydrogen) atoms. The van der Waals surface area contributed by atoms with Gasteiger partial charge in [-0.15, -0.1) is 11.3 Å². The predicted molar refractivity (Wildman–Crippen MR) is 72.1 cm³/mol. The molecule has 0 amide bonds. The fourth-order valence-electron chi connectivity index (χ4n) is 2.41. The Hall–Kier alpha value is -1.26. The number of nitrogens with zero attached hydrogens (tertiary/aromatic N) is 1. The highest BCUT2D eigenvalue weighted by molar-refractivity contribution is 7.10. The van der Waals surface area contributed by atoms with Crippen molar-refractivity contribution in [3.63, 3.8) is 0 Å². The first kappa shape index (κ1) is 11.8. The number of aromatic nitrogens is 1. The van der Waals surface area contributed by atoms with Crippen molar-refractivity contribution in [3.8, 4) is 11.3 Å². The van der Waals surface area contributed by atoms with Gasteiger partial charge in [0.25, 0.3) is 0 Å². The van der Waals surface area contributed by atoms with Crippen molar-refractivity contribution in [3.05, 3.63) is 40.5 Å². The van der Waals surface area contributed by atoms with Gasteiger partial charge >= 0.3 is 0 Å². The lowest BCUT2D eigenvalue weighted by atomic mass is 9.69. The van der Waals surface area contributed by atoms with Crippen LogP contribution in [0.4, 0.5) is 4.39 Å². The molecule has 4 heteroatoms. The van der Waals surface area contributed by atoms with Crippen molar-refractivity contribution in [1.29, 1.82) is 0 Å². The maximum Gasteiger partial charge on any atom is 0.123 e. The summed E-state index contributed by atoms with van der Waals surface area (Å²) in [5.41, 5.74) is 7.67. The van der Waals surface area contributed by atoms with E-state index >= 15 is 0 Å². The van der Waals surface area contributed by atoms with E-state index in [0.717, 1.165) is 29.1 Å². The van der Waals surface area contributed by atoms with E-state index in [9.17, 15) is 4.39 Å². The minimum Gasteiger partial charge on any atom is -0.329 e. The summed E-state index contributed by atoms with van der Waals surface area (Å²) in [6.07, 6.45) is 3.48. The van der Waals surface area contributed by atoms with Gasteiger partial charge in [-0.05, 0) is 25.0 Å². The van der Waals surface area contributed by atoms with Crippen LogP contribution in [0.15, 0.2) is 29.6 Å². The smallest absolute Gasteiger partial charge is 0.123 e. The second-order valence-corrected chi connectivity index (χ2v) is 5.74. The van der Waals surface area contributed by atoms with Gasteiger partial charge in [0, 0.05) is 22.9 Å². The third kappa shape index (κ3) is 1.85. The number of halogens is 1. The molecule has 0 spiro atoms. The second-order valence-electron chi connectivity index (χ2n) is 4.89. The Kier molecular flexibility index (Phi) is 2.92. The number of nitrogens with two attached hydrogens (primary N) is 1. The first-order chi connectivity index (χ1) is 8.73. The summed E-state index contributed by atoms with van der Waals surface area (Å²) < 4.78 is 13.2. The Balaban J connectivity index is 1.94. The van der Waals surface area contributed by atoms with Gasteiger partial charge in [0.1, 0.15) is 10.8 Å². The largest absolute Gasteiger partial charge is 0.329 e. The van der Waals surface area contributed by atoms with Crippen molar-refractivity contribution in [2.24, 2.45) is 5.73 Å². The Morgan fingerprint density at radius 2 is 2.22 bits per heavy atom. The van der Waals surface area contributed by atoms with Crippen LogP contribution in [0.3, 0.4) is 0 Å². The van der Waals surface area contributed by atoms with E-state index in [1.807, 2.05) is 11.4 Å².